The Labute approximate surface area is 165 Å². The predicted octanol–water partition coefficient (Wildman–Crippen LogP) is 2.73. The van der Waals surface area contributed by atoms with E-state index in [4.69, 9.17) is 16.3 Å². The summed E-state index contributed by atoms with van der Waals surface area (Å²) in [6, 6.07) is 6.37. The molecule has 1 fully saturated rings. The van der Waals surface area contributed by atoms with Crippen molar-refractivity contribution in [2.45, 2.75) is 38.8 Å². The number of anilines is 1. The Bertz CT molecular complexity index is 819. The second-order valence-corrected chi connectivity index (χ2v) is 10.4. The van der Waals surface area contributed by atoms with Crippen molar-refractivity contribution >= 4 is 39.1 Å². The van der Waals surface area contributed by atoms with E-state index in [1.165, 1.54) is 9.80 Å². The van der Waals surface area contributed by atoms with Crippen molar-refractivity contribution in [3.05, 3.63) is 29.3 Å². The summed E-state index contributed by atoms with van der Waals surface area (Å²) in [6.45, 7) is 5.20. The largest absolute Gasteiger partial charge is 0.444 e. The van der Waals surface area contributed by atoms with Crippen LogP contribution < -0.4 is 4.90 Å². The number of rotatable bonds is 4. The molecule has 0 saturated carbocycles. The topological polar surface area (TPSA) is 84.0 Å². The van der Waals surface area contributed by atoms with Crippen molar-refractivity contribution in [2.75, 3.05) is 30.0 Å². The van der Waals surface area contributed by atoms with Crippen LogP contribution in [-0.2, 0) is 19.4 Å². The van der Waals surface area contributed by atoms with Crippen LogP contribution in [0.25, 0.3) is 0 Å². The lowest BCUT2D eigenvalue weighted by atomic mass is 10.1. The average Bonchev–Trinajstić information content (AvgIpc) is 2.50. The van der Waals surface area contributed by atoms with Crippen LogP contribution in [0.5, 0.6) is 0 Å². The second-order valence-electron chi connectivity index (χ2n) is 7.66. The van der Waals surface area contributed by atoms with Gasteiger partial charge in [0.05, 0.1) is 11.8 Å². The normalized spacial score (nSPS) is 18.6. The fourth-order valence-electron chi connectivity index (χ4n) is 2.80. The highest BCUT2D eigenvalue weighted by Gasteiger charge is 2.38. The van der Waals surface area contributed by atoms with E-state index in [2.05, 4.69) is 0 Å². The smallest absolute Gasteiger partial charge is 0.411 e. The second kappa shape index (κ2) is 8.06. The SMILES string of the molecule is CC(C)(C)OC(=O)N1CC(=O)N(c2cccc(Cl)c2)CC1CCS(C)(=O)=O. The van der Waals surface area contributed by atoms with Gasteiger partial charge in [-0.1, -0.05) is 17.7 Å². The Balaban J connectivity index is 2.27. The lowest BCUT2D eigenvalue weighted by Crippen LogP contribution is -2.59. The van der Waals surface area contributed by atoms with Gasteiger partial charge in [0.15, 0.2) is 0 Å². The maximum absolute atomic E-state index is 12.6. The van der Waals surface area contributed by atoms with Crippen LogP contribution in [0.3, 0.4) is 0 Å². The molecule has 7 nitrogen and oxygen atoms in total. The third-order valence-electron chi connectivity index (χ3n) is 4.01. The molecule has 1 heterocycles. The third kappa shape index (κ3) is 6.39. The Morgan fingerprint density at radius 2 is 2.00 bits per heavy atom. The van der Waals surface area contributed by atoms with Crippen LogP contribution in [0, 0.1) is 0 Å². The number of piperazine rings is 1. The number of nitrogens with zero attached hydrogens (tertiary/aromatic N) is 2. The van der Waals surface area contributed by atoms with E-state index in [0.717, 1.165) is 6.26 Å². The molecular formula is C18H25ClN2O5S. The number of benzene rings is 1. The number of amides is 2. The van der Waals surface area contributed by atoms with Crippen LogP contribution >= 0.6 is 11.6 Å². The highest BCUT2D eigenvalue weighted by molar-refractivity contribution is 7.90. The van der Waals surface area contributed by atoms with E-state index in [1.54, 1.807) is 45.0 Å². The third-order valence-corrected chi connectivity index (χ3v) is 5.22. The van der Waals surface area contributed by atoms with E-state index in [-0.39, 0.29) is 31.2 Å². The number of carbonyl (C=O) groups excluding carboxylic acids is 2. The zero-order chi connectivity index (χ0) is 20.4. The molecule has 1 aromatic carbocycles. The minimum absolute atomic E-state index is 0.0887. The summed E-state index contributed by atoms with van der Waals surface area (Å²) in [5.41, 5.74) is -0.105. The summed E-state index contributed by atoms with van der Waals surface area (Å²) in [5, 5.41) is 0.488. The lowest BCUT2D eigenvalue weighted by molar-refractivity contribution is -0.122. The first-order valence-corrected chi connectivity index (χ1v) is 11.0. The van der Waals surface area contributed by atoms with Gasteiger partial charge in [0.1, 0.15) is 22.0 Å². The molecule has 1 saturated heterocycles. The molecule has 9 heteroatoms. The quantitative estimate of drug-likeness (QED) is 0.753. The molecule has 0 aromatic heterocycles. The Morgan fingerprint density at radius 1 is 1.33 bits per heavy atom. The highest BCUT2D eigenvalue weighted by Crippen LogP contribution is 2.25. The average molecular weight is 417 g/mol. The van der Waals surface area contributed by atoms with Gasteiger partial charge in [-0.25, -0.2) is 13.2 Å². The molecule has 2 amide bonds. The van der Waals surface area contributed by atoms with Gasteiger partial charge in [-0.3, -0.25) is 9.69 Å². The molecule has 0 bridgehead atoms. The van der Waals surface area contributed by atoms with E-state index in [1.807, 2.05) is 0 Å². The lowest BCUT2D eigenvalue weighted by Gasteiger charge is -2.41. The first-order valence-electron chi connectivity index (χ1n) is 8.59. The number of ether oxygens (including phenoxy) is 1. The minimum atomic E-state index is -3.21. The number of hydrogen-bond donors (Lipinski definition) is 0. The molecule has 0 N–H and O–H groups in total. The van der Waals surface area contributed by atoms with Gasteiger partial charge in [0.2, 0.25) is 5.91 Å². The fraction of sp³-hybridized carbons (Fsp3) is 0.556. The first kappa shape index (κ1) is 21.5. The number of sulfone groups is 1. The van der Waals surface area contributed by atoms with Crippen molar-refractivity contribution in [3.8, 4) is 0 Å². The fourth-order valence-corrected chi connectivity index (χ4v) is 3.68. The number of hydrogen-bond acceptors (Lipinski definition) is 5. The van der Waals surface area contributed by atoms with Crippen LogP contribution in [0.2, 0.25) is 5.02 Å². The molecule has 1 aliphatic heterocycles. The Morgan fingerprint density at radius 3 is 2.56 bits per heavy atom. The van der Waals surface area contributed by atoms with E-state index in [9.17, 15) is 18.0 Å². The highest BCUT2D eigenvalue weighted by atomic mass is 35.5. The van der Waals surface area contributed by atoms with Crippen molar-refractivity contribution in [2.24, 2.45) is 0 Å². The monoisotopic (exact) mass is 416 g/mol. The van der Waals surface area contributed by atoms with Crippen molar-refractivity contribution in [3.63, 3.8) is 0 Å². The molecule has 1 unspecified atom stereocenters. The molecule has 1 aromatic rings. The van der Waals surface area contributed by atoms with Crippen molar-refractivity contribution in [1.29, 1.82) is 0 Å². The van der Waals surface area contributed by atoms with Crippen molar-refractivity contribution < 1.29 is 22.7 Å². The van der Waals surface area contributed by atoms with Crippen LogP contribution in [0.1, 0.15) is 27.2 Å². The number of carbonyl (C=O) groups is 2. The summed E-state index contributed by atoms with van der Waals surface area (Å²) < 4.78 is 28.6. The van der Waals surface area contributed by atoms with Crippen LogP contribution in [-0.4, -0.2) is 62.1 Å². The van der Waals surface area contributed by atoms with Gasteiger partial charge >= 0.3 is 6.09 Å². The predicted molar refractivity (Wildman–Crippen MR) is 105 cm³/mol. The zero-order valence-electron chi connectivity index (χ0n) is 15.9. The van der Waals surface area contributed by atoms with Gasteiger partial charge in [0.25, 0.3) is 0 Å². The molecule has 1 atom stereocenters. The molecule has 0 aliphatic carbocycles. The zero-order valence-corrected chi connectivity index (χ0v) is 17.5. The van der Waals surface area contributed by atoms with Crippen LogP contribution in [0.4, 0.5) is 10.5 Å². The maximum Gasteiger partial charge on any atom is 0.411 e. The van der Waals surface area contributed by atoms with E-state index >= 15 is 0 Å². The maximum atomic E-state index is 12.6. The molecule has 2 rings (SSSR count). The molecule has 1 aliphatic rings. The minimum Gasteiger partial charge on any atom is -0.444 e. The summed E-state index contributed by atoms with van der Waals surface area (Å²) in [6.07, 6.45) is 0.732. The standard InChI is InChI=1S/C18H25ClN2O5S/c1-18(2,3)26-17(23)21-12-16(22)20(14-7-5-6-13(19)10-14)11-15(21)8-9-27(4,24)25/h5-7,10,15H,8-9,11-12H2,1-4H3. The Kier molecular flexibility index (Phi) is 6.42. The van der Waals surface area contributed by atoms with Crippen LogP contribution in [0.15, 0.2) is 24.3 Å². The summed E-state index contributed by atoms with van der Waals surface area (Å²) >= 11 is 6.02. The van der Waals surface area contributed by atoms with Gasteiger partial charge in [-0.05, 0) is 45.4 Å². The first-order chi connectivity index (χ1) is 12.4. The molecular weight excluding hydrogens is 392 g/mol. The Hall–Kier alpha value is -1.80. The van der Waals surface area contributed by atoms with E-state index in [0.29, 0.717) is 10.7 Å². The molecule has 0 spiro atoms. The summed E-state index contributed by atoms with van der Waals surface area (Å²) in [7, 11) is -3.21. The summed E-state index contributed by atoms with van der Waals surface area (Å²) in [4.78, 5) is 28.0. The molecule has 150 valence electrons. The number of halogens is 1. The van der Waals surface area contributed by atoms with Crippen molar-refractivity contribution in [1.82, 2.24) is 4.90 Å². The summed E-state index contributed by atoms with van der Waals surface area (Å²) in [5.74, 6) is -0.368. The van der Waals surface area contributed by atoms with Gasteiger partial charge < -0.3 is 9.64 Å². The molecule has 0 radical (unpaired) electrons. The van der Waals surface area contributed by atoms with Gasteiger partial charge in [0, 0.05) is 23.5 Å². The van der Waals surface area contributed by atoms with Gasteiger partial charge in [-0.15, -0.1) is 0 Å². The van der Waals surface area contributed by atoms with Gasteiger partial charge in [-0.2, -0.15) is 0 Å². The molecule has 27 heavy (non-hydrogen) atoms. The van der Waals surface area contributed by atoms with E-state index < -0.39 is 27.6 Å².